The number of aromatic nitrogens is 2. The molecule has 2 aliphatic heterocycles. The quantitative estimate of drug-likeness (QED) is 0.300. The van der Waals surface area contributed by atoms with Gasteiger partial charge in [-0.05, 0) is 5.18 Å². The van der Waals surface area contributed by atoms with Gasteiger partial charge in [0.2, 0.25) is 6.04 Å². The molecule has 1 fully saturated rings. The molecule has 12 nitrogen and oxygen atoms in total. The van der Waals surface area contributed by atoms with E-state index in [0.29, 0.717) is 6.29 Å². The average molecular weight is 398 g/mol. The van der Waals surface area contributed by atoms with E-state index in [1.165, 1.54) is 0 Å². The molecule has 3 heterocycles. The maximum atomic E-state index is 12.3. The molecule has 0 spiro atoms. The lowest BCUT2D eigenvalue weighted by Gasteiger charge is -2.49. The minimum atomic E-state index is -1.58. The van der Waals surface area contributed by atoms with Crippen molar-refractivity contribution in [1.29, 1.82) is 0 Å². The fraction of sp³-hybridized carbons (Fsp3) is 0.333. The first kappa shape index (κ1) is 17.9. The summed E-state index contributed by atoms with van der Waals surface area (Å²) in [4.78, 5) is 62.5. The number of rotatable bonds is 6. The van der Waals surface area contributed by atoms with Gasteiger partial charge >= 0.3 is 5.97 Å². The van der Waals surface area contributed by atoms with E-state index in [1.807, 2.05) is 0 Å². The Morgan fingerprint density at radius 1 is 1.50 bits per heavy atom. The van der Waals surface area contributed by atoms with Gasteiger partial charge in [0.1, 0.15) is 23.4 Å². The Kier molecular flexibility index (Phi) is 4.69. The Labute approximate surface area is 153 Å². The predicted molar refractivity (Wildman–Crippen MR) is 88.6 cm³/mol. The highest BCUT2D eigenvalue weighted by molar-refractivity contribution is 8.00. The van der Waals surface area contributed by atoms with E-state index < -0.39 is 40.9 Å². The van der Waals surface area contributed by atoms with Gasteiger partial charge in [-0.15, -0.1) is 16.7 Å². The summed E-state index contributed by atoms with van der Waals surface area (Å²) >= 11 is 1.90. The molecule has 2 amide bonds. The molecule has 2 aliphatic rings. The first-order chi connectivity index (χ1) is 12.4. The third-order valence-electron chi connectivity index (χ3n) is 3.70. The number of nitrogens with zero attached hydrogens (tertiary/aromatic N) is 4. The molecule has 0 saturated carbocycles. The normalized spacial score (nSPS) is 22.9. The molecule has 26 heavy (non-hydrogen) atoms. The van der Waals surface area contributed by atoms with Crippen LogP contribution in [0.25, 0.3) is 0 Å². The van der Waals surface area contributed by atoms with Crippen molar-refractivity contribution in [3.8, 4) is 0 Å². The number of anilines is 1. The van der Waals surface area contributed by atoms with Crippen LogP contribution in [0.4, 0.5) is 5.13 Å². The second-order valence-corrected chi connectivity index (χ2v) is 7.08. The van der Waals surface area contributed by atoms with E-state index in [-0.39, 0.29) is 22.3 Å². The number of nitrogen functional groups attached to an aromatic ring is 1. The van der Waals surface area contributed by atoms with Crippen LogP contribution in [0.15, 0.2) is 16.4 Å². The summed E-state index contributed by atoms with van der Waals surface area (Å²) < 4.78 is 3.74. The number of carboxylic acid groups (broad SMARTS) is 1. The van der Waals surface area contributed by atoms with E-state index in [4.69, 9.17) is 5.73 Å². The summed E-state index contributed by atoms with van der Waals surface area (Å²) in [6, 6.07) is -2.64. The van der Waals surface area contributed by atoms with Gasteiger partial charge in [-0.1, -0.05) is 0 Å². The number of hydrogen-bond acceptors (Lipinski definition) is 11. The Hall–Kier alpha value is -2.87. The molecule has 1 aromatic heterocycles. The highest BCUT2D eigenvalue weighted by atomic mass is 32.2. The molecule has 3 unspecified atom stereocenters. The van der Waals surface area contributed by atoms with E-state index in [2.05, 4.69) is 19.9 Å². The Bertz CT molecular complexity index is 853. The van der Waals surface area contributed by atoms with Gasteiger partial charge in [0.05, 0.1) is 0 Å². The van der Waals surface area contributed by atoms with Crippen LogP contribution in [0.2, 0.25) is 0 Å². The van der Waals surface area contributed by atoms with E-state index >= 15 is 0 Å². The smallest absolute Gasteiger partial charge is 0.353 e. The summed E-state index contributed by atoms with van der Waals surface area (Å²) in [5.74, 6) is -3.13. The van der Waals surface area contributed by atoms with Gasteiger partial charge in [0.15, 0.2) is 11.0 Å². The highest BCUT2D eigenvalue weighted by Crippen LogP contribution is 2.40. The lowest BCUT2D eigenvalue weighted by atomic mass is 10.0. The van der Waals surface area contributed by atoms with Crippen LogP contribution in [0.5, 0.6) is 0 Å². The minimum absolute atomic E-state index is 0.0218. The Balaban J connectivity index is 1.77. The third kappa shape index (κ3) is 2.82. The number of nitrogens with one attached hydrogen (secondary N) is 1. The summed E-state index contributed by atoms with van der Waals surface area (Å²) in [5.41, 5.74) is 4.98. The number of aliphatic carboxylic acids is 1. The largest absolute Gasteiger partial charge is 0.477 e. The lowest BCUT2D eigenvalue weighted by Crippen LogP contribution is -2.70. The number of amides is 2. The SMILES string of the molecule is Nc1nc(C(N=O)C(=O)NC2C(=O)N3C(C(=O)O)=C(C=O)CSC23)ns1. The summed E-state index contributed by atoms with van der Waals surface area (Å²) in [5, 5.41) is 13.6. The van der Waals surface area contributed by atoms with Gasteiger partial charge in [-0.2, -0.15) is 4.37 Å². The summed E-state index contributed by atoms with van der Waals surface area (Å²) in [6.45, 7) is 0. The van der Waals surface area contributed by atoms with Crippen LogP contribution in [0.1, 0.15) is 11.9 Å². The van der Waals surface area contributed by atoms with Crippen molar-refractivity contribution in [3.63, 3.8) is 0 Å². The van der Waals surface area contributed by atoms with Crippen LogP contribution >= 0.6 is 23.3 Å². The number of nitroso groups, excluding NO2 is 1. The predicted octanol–water partition coefficient (Wildman–Crippen LogP) is -1.13. The number of β-lactam (4-membered cyclic amide) rings is 1. The molecule has 3 rings (SSSR count). The Morgan fingerprint density at radius 3 is 2.77 bits per heavy atom. The van der Waals surface area contributed by atoms with Crippen molar-refractivity contribution >= 4 is 52.5 Å². The number of carbonyl (C=O) groups is 4. The lowest BCUT2D eigenvalue weighted by molar-refractivity contribution is -0.151. The van der Waals surface area contributed by atoms with E-state index in [0.717, 1.165) is 28.2 Å². The van der Waals surface area contributed by atoms with Crippen molar-refractivity contribution in [3.05, 3.63) is 22.0 Å². The second kappa shape index (κ2) is 6.80. The standard InChI is InChI=1S/C12H10N6O6S2/c13-12-15-7(17-26-12)4(16-24)8(20)14-5-9(21)18-6(11(22)23)3(1-19)2-25-10(5)18/h1,4-5,10H,2H2,(H,14,20)(H,22,23)(H2,13,15,17). The van der Waals surface area contributed by atoms with Crippen LogP contribution < -0.4 is 11.1 Å². The number of hydrogen-bond donors (Lipinski definition) is 3. The fourth-order valence-electron chi connectivity index (χ4n) is 2.54. The van der Waals surface area contributed by atoms with Gasteiger partial charge in [-0.3, -0.25) is 19.3 Å². The van der Waals surface area contributed by atoms with Crippen LogP contribution in [-0.4, -0.2) is 60.6 Å². The molecule has 4 N–H and O–H groups in total. The van der Waals surface area contributed by atoms with Gasteiger partial charge < -0.3 is 16.2 Å². The average Bonchev–Trinajstić information content (AvgIpc) is 3.04. The third-order valence-corrected chi connectivity index (χ3v) is 5.56. The molecular weight excluding hydrogens is 388 g/mol. The molecule has 3 atom stereocenters. The van der Waals surface area contributed by atoms with Gasteiger partial charge in [-0.25, -0.2) is 9.78 Å². The molecule has 1 saturated heterocycles. The molecule has 0 aromatic carbocycles. The molecule has 0 aliphatic carbocycles. The molecule has 136 valence electrons. The number of carboxylic acids is 1. The van der Waals surface area contributed by atoms with Crippen molar-refractivity contribution < 1.29 is 24.3 Å². The zero-order chi connectivity index (χ0) is 19.0. The monoisotopic (exact) mass is 398 g/mol. The molecule has 14 heteroatoms. The van der Waals surface area contributed by atoms with Crippen molar-refractivity contribution in [2.24, 2.45) is 5.18 Å². The minimum Gasteiger partial charge on any atom is -0.477 e. The van der Waals surface area contributed by atoms with E-state index in [1.54, 1.807) is 0 Å². The van der Waals surface area contributed by atoms with Crippen molar-refractivity contribution in [1.82, 2.24) is 19.6 Å². The first-order valence-corrected chi connectivity index (χ1v) is 8.79. The van der Waals surface area contributed by atoms with Gasteiger partial charge in [0.25, 0.3) is 11.8 Å². The first-order valence-electron chi connectivity index (χ1n) is 6.97. The maximum absolute atomic E-state index is 12.3. The zero-order valence-electron chi connectivity index (χ0n) is 12.7. The number of fused-ring (bicyclic) bond motifs is 1. The Morgan fingerprint density at radius 2 is 2.23 bits per heavy atom. The van der Waals surface area contributed by atoms with E-state index in [9.17, 15) is 29.2 Å². The molecule has 1 aromatic rings. The van der Waals surface area contributed by atoms with Crippen molar-refractivity contribution in [2.75, 3.05) is 11.5 Å². The zero-order valence-corrected chi connectivity index (χ0v) is 14.3. The summed E-state index contributed by atoms with van der Waals surface area (Å²) in [6.07, 6.45) is 0.385. The number of thioether (sulfide) groups is 1. The topological polar surface area (TPSA) is 185 Å². The maximum Gasteiger partial charge on any atom is 0.353 e. The van der Waals surface area contributed by atoms with Crippen LogP contribution in [-0.2, 0) is 19.2 Å². The summed E-state index contributed by atoms with van der Waals surface area (Å²) in [7, 11) is 0. The van der Waals surface area contributed by atoms with Gasteiger partial charge in [0, 0.05) is 22.9 Å². The molecule has 0 bridgehead atoms. The molecule has 0 radical (unpaired) electrons. The fourth-order valence-corrected chi connectivity index (χ4v) is 4.29. The highest BCUT2D eigenvalue weighted by Gasteiger charge is 2.54. The molecular formula is C12H10N6O6S2. The number of carbonyl (C=O) groups excluding carboxylic acids is 3. The van der Waals surface area contributed by atoms with Crippen molar-refractivity contribution in [2.45, 2.75) is 17.5 Å². The van der Waals surface area contributed by atoms with Crippen LogP contribution in [0, 0.1) is 4.91 Å². The number of nitrogens with two attached hydrogens (primary N) is 1. The second-order valence-electron chi connectivity index (χ2n) is 5.19. The number of aldehydes is 1. The van der Waals surface area contributed by atoms with Crippen LogP contribution in [0.3, 0.4) is 0 Å².